The van der Waals surface area contributed by atoms with E-state index in [2.05, 4.69) is 23.7 Å². The van der Waals surface area contributed by atoms with E-state index >= 15 is 0 Å². The fraction of sp³-hybridized carbons (Fsp3) is 0.571. The summed E-state index contributed by atoms with van der Waals surface area (Å²) in [6.45, 7) is 6.41. The van der Waals surface area contributed by atoms with Crippen LogP contribution in [-0.4, -0.2) is 65.0 Å². The van der Waals surface area contributed by atoms with Gasteiger partial charge in [-0.15, -0.1) is 0 Å². The van der Waals surface area contributed by atoms with Crippen molar-refractivity contribution in [3.05, 3.63) is 42.9 Å². The Hall–Kier alpha value is -1.90. The molecule has 0 aliphatic carbocycles. The first kappa shape index (κ1) is 20.4. The number of sulfonamides is 1. The Morgan fingerprint density at radius 2 is 1.83 bits per heavy atom. The highest BCUT2D eigenvalue weighted by atomic mass is 32.2. The topological polar surface area (TPSA) is 67.7 Å². The lowest BCUT2D eigenvalue weighted by Crippen LogP contribution is -2.68. The zero-order valence-corrected chi connectivity index (χ0v) is 18.1. The third kappa shape index (κ3) is 4.06. The van der Waals surface area contributed by atoms with E-state index in [1.54, 1.807) is 22.1 Å². The molecule has 29 heavy (non-hydrogen) atoms. The highest BCUT2D eigenvalue weighted by Gasteiger charge is 2.47. The Bertz CT molecular complexity index is 920. The number of aryl methyl sites for hydroxylation is 1. The van der Waals surface area contributed by atoms with Gasteiger partial charge in [0.25, 0.3) is 10.0 Å². The summed E-state index contributed by atoms with van der Waals surface area (Å²) in [5, 5.41) is 0.135. The average Bonchev–Trinajstić information content (AvgIpc) is 3.13. The van der Waals surface area contributed by atoms with E-state index < -0.39 is 10.0 Å². The molecule has 0 amide bonds. The molecular weight excluding hydrogens is 388 g/mol. The van der Waals surface area contributed by atoms with E-state index in [1.807, 2.05) is 30.3 Å². The summed E-state index contributed by atoms with van der Waals surface area (Å²) in [7, 11) is -1.73. The molecule has 1 aromatic heterocycles. The third-order valence-electron chi connectivity index (χ3n) is 6.12. The second-order valence-electron chi connectivity index (χ2n) is 8.37. The largest absolute Gasteiger partial charge is 0.487 e. The summed E-state index contributed by atoms with van der Waals surface area (Å²) < 4.78 is 35.2. The minimum Gasteiger partial charge on any atom is -0.487 e. The molecule has 0 radical (unpaired) electrons. The van der Waals surface area contributed by atoms with Crippen LogP contribution in [0.1, 0.15) is 26.7 Å². The molecule has 1 aromatic carbocycles. The van der Waals surface area contributed by atoms with E-state index in [4.69, 9.17) is 4.74 Å². The van der Waals surface area contributed by atoms with Crippen molar-refractivity contribution in [3.63, 3.8) is 0 Å². The summed E-state index contributed by atoms with van der Waals surface area (Å²) in [5.41, 5.74) is 0. The second-order valence-corrected chi connectivity index (χ2v) is 10.3. The van der Waals surface area contributed by atoms with Crippen LogP contribution in [0.5, 0.6) is 5.75 Å². The van der Waals surface area contributed by atoms with Gasteiger partial charge < -0.3 is 9.30 Å². The number of hydrogen-bond acceptors (Lipinski definition) is 5. The van der Waals surface area contributed by atoms with Crippen LogP contribution < -0.4 is 4.74 Å². The van der Waals surface area contributed by atoms with Crippen molar-refractivity contribution in [2.24, 2.45) is 13.0 Å². The molecule has 0 bridgehead atoms. The lowest BCUT2D eigenvalue weighted by molar-refractivity contribution is -0.0972. The fourth-order valence-corrected chi connectivity index (χ4v) is 5.97. The number of rotatable bonds is 6. The summed E-state index contributed by atoms with van der Waals surface area (Å²) in [5.74, 6) is 1.33. The molecular formula is C21H30N4O3S. The maximum atomic E-state index is 12.9. The molecule has 0 N–H and O–H groups in total. The number of imidazole rings is 1. The third-order valence-corrected chi connectivity index (χ3v) is 7.90. The van der Waals surface area contributed by atoms with Gasteiger partial charge in [-0.25, -0.2) is 13.4 Å². The number of benzene rings is 1. The number of likely N-dealkylation sites (tertiary alicyclic amines) is 1. The maximum absolute atomic E-state index is 12.9. The normalized spacial score (nSPS) is 24.6. The molecule has 4 rings (SSSR count). The summed E-state index contributed by atoms with van der Waals surface area (Å²) in [4.78, 5) is 6.53. The van der Waals surface area contributed by atoms with Crippen LogP contribution in [0.15, 0.2) is 47.9 Å². The van der Waals surface area contributed by atoms with Gasteiger partial charge in [-0.05, 0) is 44.7 Å². The van der Waals surface area contributed by atoms with Crippen molar-refractivity contribution >= 4 is 10.0 Å². The lowest BCUT2D eigenvalue weighted by atomic mass is 9.80. The standard InChI is InChI=1S/C21H30N4O3S/c1-16(2)25-13-19(28-18-7-5-4-6-8-18)21(25)17-9-11-24(12-10-17)29(26,27)20-14-23(3)15-22-20/h4-8,14-17,19,21H,9-13H2,1-3H3/t19-,21-/m0/s1. The highest BCUT2D eigenvalue weighted by molar-refractivity contribution is 7.89. The van der Waals surface area contributed by atoms with Crippen LogP contribution in [0.25, 0.3) is 0 Å². The van der Waals surface area contributed by atoms with Gasteiger partial charge in [0.1, 0.15) is 11.9 Å². The molecule has 0 spiro atoms. The van der Waals surface area contributed by atoms with E-state index in [0.29, 0.717) is 31.1 Å². The van der Waals surface area contributed by atoms with Crippen molar-refractivity contribution in [2.45, 2.75) is 49.9 Å². The van der Waals surface area contributed by atoms with E-state index in [9.17, 15) is 8.42 Å². The zero-order valence-electron chi connectivity index (χ0n) is 17.3. The van der Waals surface area contributed by atoms with Gasteiger partial charge in [-0.3, -0.25) is 4.90 Å². The Labute approximate surface area is 173 Å². The fourth-order valence-electron chi connectivity index (χ4n) is 4.54. The van der Waals surface area contributed by atoms with Gasteiger partial charge in [-0.2, -0.15) is 4.31 Å². The van der Waals surface area contributed by atoms with E-state index in [-0.39, 0.29) is 11.1 Å². The lowest BCUT2D eigenvalue weighted by Gasteiger charge is -2.54. The van der Waals surface area contributed by atoms with Crippen molar-refractivity contribution in [2.75, 3.05) is 19.6 Å². The maximum Gasteiger partial charge on any atom is 0.262 e. The molecule has 2 saturated heterocycles. The first-order valence-electron chi connectivity index (χ1n) is 10.3. The van der Waals surface area contributed by atoms with Crippen LogP contribution in [0.2, 0.25) is 0 Å². The van der Waals surface area contributed by atoms with Gasteiger partial charge >= 0.3 is 0 Å². The molecule has 2 fully saturated rings. The van der Waals surface area contributed by atoms with Gasteiger partial charge in [0, 0.05) is 38.9 Å². The first-order chi connectivity index (χ1) is 13.9. The number of nitrogens with zero attached hydrogens (tertiary/aromatic N) is 4. The van der Waals surface area contributed by atoms with E-state index in [1.165, 1.54) is 6.33 Å². The van der Waals surface area contributed by atoms with Crippen molar-refractivity contribution < 1.29 is 13.2 Å². The van der Waals surface area contributed by atoms with Crippen LogP contribution in [0, 0.1) is 5.92 Å². The van der Waals surface area contributed by atoms with E-state index in [0.717, 1.165) is 25.1 Å². The molecule has 7 nitrogen and oxygen atoms in total. The van der Waals surface area contributed by atoms with Crippen molar-refractivity contribution in [3.8, 4) is 5.75 Å². The van der Waals surface area contributed by atoms with Gasteiger partial charge in [0.15, 0.2) is 5.03 Å². The van der Waals surface area contributed by atoms with Crippen LogP contribution in [-0.2, 0) is 17.1 Å². The number of ether oxygens (including phenoxy) is 1. The molecule has 3 heterocycles. The molecule has 8 heteroatoms. The number of aromatic nitrogens is 2. The average molecular weight is 419 g/mol. The second kappa shape index (κ2) is 8.08. The summed E-state index contributed by atoms with van der Waals surface area (Å²) >= 11 is 0. The van der Waals surface area contributed by atoms with Crippen molar-refractivity contribution in [1.82, 2.24) is 18.8 Å². The molecule has 158 valence electrons. The minimum absolute atomic E-state index is 0.135. The van der Waals surface area contributed by atoms with Crippen molar-refractivity contribution in [1.29, 1.82) is 0 Å². The highest BCUT2D eigenvalue weighted by Crippen LogP contribution is 2.36. The Balaban J connectivity index is 1.42. The Kier molecular flexibility index (Phi) is 5.68. The van der Waals surface area contributed by atoms with Gasteiger partial charge in [0.05, 0.1) is 12.4 Å². The van der Waals surface area contributed by atoms with Crippen LogP contribution in [0.4, 0.5) is 0 Å². The summed E-state index contributed by atoms with van der Waals surface area (Å²) in [6.07, 6.45) is 4.93. The predicted octanol–water partition coefficient (Wildman–Crippen LogP) is 2.36. The zero-order chi connectivity index (χ0) is 20.6. The molecule has 0 saturated carbocycles. The van der Waals surface area contributed by atoms with Crippen LogP contribution in [0.3, 0.4) is 0 Å². The molecule has 2 atom stereocenters. The smallest absolute Gasteiger partial charge is 0.262 e. The number of para-hydroxylation sites is 1. The predicted molar refractivity (Wildman–Crippen MR) is 111 cm³/mol. The van der Waals surface area contributed by atoms with Gasteiger partial charge in [0.2, 0.25) is 0 Å². The first-order valence-corrected chi connectivity index (χ1v) is 11.8. The Morgan fingerprint density at radius 3 is 2.41 bits per heavy atom. The van der Waals surface area contributed by atoms with Crippen LogP contribution >= 0.6 is 0 Å². The number of piperidine rings is 1. The summed E-state index contributed by atoms with van der Waals surface area (Å²) in [6, 6.07) is 10.7. The minimum atomic E-state index is -3.51. The molecule has 0 unspecified atom stereocenters. The molecule has 2 aromatic rings. The monoisotopic (exact) mass is 418 g/mol. The SMILES string of the molecule is CC(C)N1C[C@H](Oc2ccccc2)[C@@H]1C1CCN(S(=O)(=O)c2cn(C)cn2)CC1. The Morgan fingerprint density at radius 1 is 1.14 bits per heavy atom. The quantitative estimate of drug-likeness (QED) is 0.720. The number of hydrogen-bond donors (Lipinski definition) is 0. The van der Waals surface area contributed by atoms with Gasteiger partial charge in [-0.1, -0.05) is 18.2 Å². The molecule has 2 aliphatic rings. The molecule has 2 aliphatic heterocycles.